The zero-order valence-electron chi connectivity index (χ0n) is 17.4. The smallest absolute Gasteiger partial charge is 0.254 e. The molecule has 2 aliphatic carbocycles. The number of aldehydes is 1. The minimum atomic E-state index is -1.42. The van der Waals surface area contributed by atoms with Gasteiger partial charge in [0.1, 0.15) is 16.2 Å². The summed E-state index contributed by atoms with van der Waals surface area (Å²) in [6.07, 6.45) is 2.78. The summed E-state index contributed by atoms with van der Waals surface area (Å²) in [6.45, 7) is 0.0663. The molecule has 2 unspecified atom stereocenters. The molecular formula is C23H17Cl6N3O2. The lowest BCUT2D eigenvalue weighted by Crippen LogP contribution is -2.52. The number of alkyl halides is 2. The predicted molar refractivity (Wildman–Crippen MR) is 137 cm³/mol. The summed E-state index contributed by atoms with van der Waals surface area (Å²) in [6, 6.07) is 10.1. The van der Waals surface area contributed by atoms with Crippen LogP contribution in [0.3, 0.4) is 0 Å². The molecule has 0 aromatic heterocycles. The number of nitriles is 1. The zero-order chi connectivity index (χ0) is 24.9. The number of anilines is 1. The summed E-state index contributed by atoms with van der Waals surface area (Å²) < 4.78 is -1.42. The SMILES string of the molecule is N#CC1(NC(=O)c2cc(NCC3(C=O)C(c4cc(Cl)c(Cl)c(Cl)c4)C3(Cl)Cl)ccc2Cl)CCC1. The standard InChI is InChI=1S/C23H17Cl6N3O2/c24-15-3-2-13(8-14(15)20(34)32-21(9-30)4-1-5-21)31-10-22(11-33)19(23(22,28)29)12-6-16(25)18(27)17(26)7-12/h2-3,6-8,11,19,31H,1,4-5,10H2,(H,32,34). The van der Waals surface area contributed by atoms with E-state index in [1.54, 1.807) is 30.3 Å². The van der Waals surface area contributed by atoms with Gasteiger partial charge >= 0.3 is 0 Å². The van der Waals surface area contributed by atoms with Crippen molar-refractivity contribution in [3.05, 3.63) is 61.5 Å². The molecule has 2 aliphatic rings. The molecule has 1 amide bonds. The summed E-state index contributed by atoms with van der Waals surface area (Å²) in [7, 11) is 0. The highest BCUT2D eigenvalue weighted by Crippen LogP contribution is 2.73. The third kappa shape index (κ3) is 4.23. The number of hydrogen-bond donors (Lipinski definition) is 2. The summed E-state index contributed by atoms with van der Waals surface area (Å²) in [5, 5.41) is 16.2. The van der Waals surface area contributed by atoms with Crippen molar-refractivity contribution in [3.8, 4) is 6.07 Å². The van der Waals surface area contributed by atoms with Crippen LogP contribution in [-0.4, -0.2) is 28.6 Å². The number of nitrogens with one attached hydrogen (secondary N) is 2. The third-order valence-corrected chi connectivity index (χ3v) is 9.20. The highest BCUT2D eigenvalue weighted by atomic mass is 35.5. The fourth-order valence-corrected chi connectivity index (χ4v) is 6.06. The summed E-state index contributed by atoms with van der Waals surface area (Å²) >= 11 is 37.7. The van der Waals surface area contributed by atoms with Crippen molar-refractivity contribution in [3.63, 3.8) is 0 Å². The number of halogens is 6. The van der Waals surface area contributed by atoms with E-state index in [1.807, 2.05) is 0 Å². The lowest BCUT2D eigenvalue weighted by Gasteiger charge is -2.35. The lowest BCUT2D eigenvalue weighted by atomic mass is 9.78. The van der Waals surface area contributed by atoms with Gasteiger partial charge in [0.15, 0.2) is 0 Å². The van der Waals surface area contributed by atoms with Crippen molar-refractivity contribution < 1.29 is 9.59 Å². The van der Waals surface area contributed by atoms with E-state index in [-0.39, 0.29) is 32.2 Å². The number of rotatable bonds is 7. The normalized spacial score (nSPS) is 23.9. The van der Waals surface area contributed by atoms with Gasteiger partial charge in [-0.25, -0.2) is 0 Å². The summed E-state index contributed by atoms with van der Waals surface area (Å²) in [4.78, 5) is 25.0. The Morgan fingerprint density at radius 2 is 1.74 bits per heavy atom. The summed E-state index contributed by atoms with van der Waals surface area (Å²) in [5.41, 5.74) is -0.728. The number of carbonyl (C=O) groups excluding carboxylic acids is 2. The largest absolute Gasteiger partial charge is 0.384 e. The molecule has 5 nitrogen and oxygen atoms in total. The molecule has 2 saturated carbocycles. The van der Waals surface area contributed by atoms with Crippen molar-refractivity contribution in [2.45, 2.75) is 35.1 Å². The van der Waals surface area contributed by atoms with Gasteiger partial charge in [-0.1, -0.05) is 69.6 Å². The van der Waals surface area contributed by atoms with E-state index < -0.39 is 27.1 Å². The zero-order valence-corrected chi connectivity index (χ0v) is 21.9. The van der Waals surface area contributed by atoms with Gasteiger partial charge in [0.25, 0.3) is 5.91 Å². The molecule has 2 aromatic carbocycles. The number of nitrogens with zero attached hydrogens (tertiary/aromatic N) is 1. The average molecular weight is 580 g/mol. The molecule has 0 aliphatic heterocycles. The third-order valence-electron chi connectivity index (χ3n) is 6.53. The minimum Gasteiger partial charge on any atom is -0.384 e. The van der Waals surface area contributed by atoms with Gasteiger partial charge in [0.2, 0.25) is 0 Å². The molecule has 34 heavy (non-hydrogen) atoms. The lowest BCUT2D eigenvalue weighted by molar-refractivity contribution is -0.112. The molecule has 2 fully saturated rings. The predicted octanol–water partition coefficient (Wildman–Crippen LogP) is 7.04. The molecule has 0 heterocycles. The van der Waals surface area contributed by atoms with Gasteiger partial charge in [-0.3, -0.25) is 4.79 Å². The van der Waals surface area contributed by atoms with Crippen molar-refractivity contribution in [1.29, 1.82) is 5.26 Å². The monoisotopic (exact) mass is 577 g/mol. The van der Waals surface area contributed by atoms with E-state index in [0.29, 0.717) is 30.4 Å². The second-order valence-corrected chi connectivity index (χ2v) is 11.5. The van der Waals surface area contributed by atoms with Crippen LogP contribution in [0.25, 0.3) is 0 Å². The average Bonchev–Trinajstić information content (AvgIpc) is 3.28. The van der Waals surface area contributed by atoms with E-state index in [0.717, 1.165) is 6.42 Å². The Morgan fingerprint density at radius 1 is 1.09 bits per heavy atom. The Balaban J connectivity index is 1.54. The maximum Gasteiger partial charge on any atom is 0.254 e. The quantitative estimate of drug-likeness (QED) is 0.209. The van der Waals surface area contributed by atoms with Gasteiger partial charge in [0, 0.05) is 18.2 Å². The van der Waals surface area contributed by atoms with Gasteiger partial charge in [-0.15, -0.1) is 0 Å². The second kappa shape index (κ2) is 9.24. The van der Waals surface area contributed by atoms with E-state index in [2.05, 4.69) is 16.7 Å². The van der Waals surface area contributed by atoms with Gasteiger partial charge in [0.05, 0.1) is 37.1 Å². The van der Waals surface area contributed by atoms with Gasteiger partial charge in [-0.2, -0.15) is 5.26 Å². The van der Waals surface area contributed by atoms with Crippen LogP contribution in [0.15, 0.2) is 30.3 Å². The van der Waals surface area contributed by atoms with E-state index in [9.17, 15) is 14.9 Å². The fourth-order valence-electron chi connectivity index (χ4n) is 4.27. The molecule has 11 heteroatoms. The maximum absolute atomic E-state index is 12.8. The van der Waals surface area contributed by atoms with Gasteiger partial charge in [-0.05, 0) is 55.2 Å². The first-order valence-electron chi connectivity index (χ1n) is 10.3. The molecule has 178 valence electrons. The highest BCUT2D eigenvalue weighted by molar-refractivity contribution is 6.54. The number of benzene rings is 2. The Kier molecular flexibility index (Phi) is 6.98. The van der Waals surface area contributed by atoms with Crippen molar-refractivity contribution in [2.24, 2.45) is 5.41 Å². The van der Waals surface area contributed by atoms with Crippen molar-refractivity contribution in [2.75, 3.05) is 11.9 Å². The Labute approximate surface area is 226 Å². The molecule has 2 N–H and O–H groups in total. The van der Waals surface area contributed by atoms with Crippen LogP contribution in [0.4, 0.5) is 5.69 Å². The van der Waals surface area contributed by atoms with Crippen LogP contribution in [0.1, 0.15) is 41.1 Å². The molecule has 0 bridgehead atoms. The topological polar surface area (TPSA) is 82.0 Å². The highest BCUT2D eigenvalue weighted by Gasteiger charge is 2.76. The minimum absolute atomic E-state index is 0.0663. The van der Waals surface area contributed by atoms with Crippen LogP contribution in [0.5, 0.6) is 0 Å². The van der Waals surface area contributed by atoms with E-state index in [4.69, 9.17) is 69.6 Å². The molecule has 0 radical (unpaired) electrons. The van der Waals surface area contributed by atoms with Crippen LogP contribution in [0, 0.1) is 16.7 Å². The van der Waals surface area contributed by atoms with E-state index >= 15 is 0 Å². The van der Waals surface area contributed by atoms with Crippen LogP contribution < -0.4 is 10.6 Å². The van der Waals surface area contributed by atoms with E-state index in [1.165, 1.54) is 0 Å². The first-order chi connectivity index (χ1) is 16.0. The maximum atomic E-state index is 12.8. The molecule has 4 rings (SSSR count). The first-order valence-corrected chi connectivity index (χ1v) is 12.5. The van der Waals surface area contributed by atoms with Crippen LogP contribution in [0.2, 0.25) is 20.1 Å². The fraction of sp³-hybridized carbons (Fsp3) is 0.348. The first kappa shape index (κ1) is 25.7. The molecule has 2 aromatic rings. The van der Waals surface area contributed by atoms with Crippen molar-refractivity contribution in [1.82, 2.24) is 5.32 Å². The molecule has 0 saturated heterocycles. The Hall–Kier alpha value is -1.39. The number of amides is 1. The number of carbonyl (C=O) groups is 2. The Morgan fingerprint density at radius 3 is 2.26 bits per heavy atom. The van der Waals surface area contributed by atoms with Gasteiger partial charge < -0.3 is 15.4 Å². The van der Waals surface area contributed by atoms with Crippen LogP contribution in [-0.2, 0) is 4.79 Å². The second-order valence-electron chi connectivity index (χ2n) is 8.56. The Bertz CT molecular complexity index is 1200. The molecule has 0 spiro atoms. The molecular weight excluding hydrogens is 563 g/mol. The van der Waals surface area contributed by atoms with Crippen molar-refractivity contribution >= 4 is 87.5 Å². The number of hydrogen-bond acceptors (Lipinski definition) is 4. The van der Waals surface area contributed by atoms with Crippen LogP contribution >= 0.6 is 69.6 Å². The molecule has 2 atom stereocenters. The summed E-state index contributed by atoms with van der Waals surface area (Å²) in [5.74, 6) is -1.04.